The lowest BCUT2D eigenvalue weighted by Crippen LogP contribution is -2.21. The lowest BCUT2D eigenvalue weighted by atomic mass is 10.2. The molecule has 0 fully saturated rings. The summed E-state index contributed by atoms with van der Waals surface area (Å²) in [6.07, 6.45) is 1.73. The molecule has 0 saturated carbocycles. The van der Waals surface area contributed by atoms with Gasteiger partial charge in [0.2, 0.25) is 0 Å². The molecule has 1 amide bonds. The van der Waals surface area contributed by atoms with Crippen LogP contribution >= 0.6 is 27.7 Å². The van der Waals surface area contributed by atoms with Crippen molar-refractivity contribution in [1.29, 1.82) is 0 Å². The molecule has 0 bridgehead atoms. The summed E-state index contributed by atoms with van der Waals surface area (Å²) in [7, 11) is 3.45. The Balaban J connectivity index is 2.29. The van der Waals surface area contributed by atoms with Gasteiger partial charge in [0.1, 0.15) is 5.03 Å². The maximum Gasteiger partial charge on any atom is 0.253 e. The highest BCUT2D eigenvalue weighted by Crippen LogP contribution is 2.32. The van der Waals surface area contributed by atoms with E-state index in [-0.39, 0.29) is 5.91 Å². The number of halogens is 1. The number of carbonyl (C=O) groups excluding carboxylic acids is 1. The second kappa shape index (κ2) is 6.28. The second-order valence-corrected chi connectivity index (χ2v) is 6.35. The Morgan fingerprint density at radius 3 is 2.65 bits per heavy atom. The van der Waals surface area contributed by atoms with Gasteiger partial charge < -0.3 is 10.6 Å². The fourth-order valence-corrected chi connectivity index (χ4v) is 2.62. The van der Waals surface area contributed by atoms with Crippen LogP contribution in [0, 0.1) is 0 Å². The molecule has 1 heterocycles. The summed E-state index contributed by atoms with van der Waals surface area (Å²) in [5.41, 5.74) is 7.21. The third-order valence-electron chi connectivity index (χ3n) is 2.58. The molecule has 0 atom stereocenters. The first kappa shape index (κ1) is 14.9. The molecular formula is C14H14BrN3OS. The minimum atomic E-state index is -0.0457. The highest BCUT2D eigenvalue weighted by molar-refractivity contribution is 9.10. The maximum absolute atomic E-state index is 12.0. The number of carbonyl (C=O) groups is 1. The molecule has 2 N–H and O–H groups in total. The largest absolute Gasteiger partial charge is 0.398 e. The minimum Gasteiger partial charge on any atom is -0.398 e. The van der Waals surface area contributed by atoms with Crippen molar-refractivity contribution >= 4 is 39.3 Å². The van der Waals surface area contributed by atoms with Crippen LogP contribution in [0.1, 0.15) is 10.4 Å². The zero-order chi connectivity index (χ0) is 14.7. The molecule has 1 aromatic heterocycles. The molecule has 0 saturated heterocycles. The number of benzene rings is 1. The number of hydrogen-bond donors (Lipinski definition) is 1. The Hall–Kier alpha value is -1.53. The molecule has 2 rings (SSSR count). The highest BCUT2D eigenvalue weighted by atomic mass is 79.9. The molecular weight excluding hydrogens is 338 g/mol. The number of anilines is 1. The van der Waals surface area contributed by atoms with E-state index in [9.17, 15) is 4.79 Å². The number of aromatic nitrogens is 1. The van der Waals surface area contributed by atoms with E-state index in [2.05, 4.69) is 20.9 Å². The topological polar surface area (TPSA) is 59.2 Å². The Bertz CT molecular complexity index is 629. The molecule has 104 valence electrons. The van der Waals surface area contributed by atoms with Gasteiger partial charge in [-0.1, -0.05) is 11.8 Å². The number of amides is 1. The van der Waals surface area contributed by atoms with E-state index in [4.69, 9.17) is 5.73 Å². The molecule has 6 heteroatoms. The minimum absolute atomic E-state index is 0.0457. The van der Waals surface area contributed by atoms with Crippen molar-refractivity contribution in [1.82, 2.24) is 9.88 Å². The summed E-state index contributed by atoms with van der Waals surface area (Å²) >= 11 is 4.78. The van der Waals surface area contributed by atoms with Gasteiger partial charge >= 0.3 is 0 Å². The lowest BCUT2D eigenvalue weighted by Gasteiger charge is -2.12. The first-order chi connectivity index (χ1) is 9.47. The van der Waals surface area contributed by atoms with Crippen molar-refractivity contribution in [3.05, 3.63) is 46.6 Å². The van der Waals surface area contributed by atoms with Gasteiger partial charge in [0, 0.05) is 40.9 Å². The van der Waals surface area contributed by atoms with Crippen LogP contribution in [0.3, 0.4) is 0 Å². The van der Waals surface area contributed by atoms with Gasteiger partial charge in [0.05, 0.1) is 0 Å². The summed E-state index contributed by atoms with van der Waals surface area (Å²) < 4.78 is 0.923. The molecule has 0 spiro atoms. The number of nitrogens with two attached hydrogens (primary N) is 1. The van der Waals surface area contributed by atoms with E-state index < -0.39 is 0 Å². The number of nitrogens with zero attached hydrogens (tertiary/aromatic N) is 2. The van der Waals surface area contributed by atoms with Crippen molar-refractivity contribution < 1.29 is 4.79 Å². The summed E-state index contributed by atoms with van der Waals surface area (Å²) in [4.78, 5) is 18.6. The second-order valence-electron chi connectivity index (χ2n) is 4.37. The smallest absolute Gasteiger partial charge is 0.253 e. The summed E-state index contributed by atoms with van der Waals surface area (Å²) in [5.74, 6) is -0.0457. The number of pyridine rings is 1. The van der Waals surface area contributed by atoms with Crippen molar-refractivity contribution in [3.63, 3.8) is 0 Å². The summed E-state index contributed by atoms with van der Waals surface area (Å²) in [5, 5.41) is 0.828. The quantitative estimate of drug-likeness (QED) is 0.862. The molecule has 0 aliphatic rings. The lowest BCUT2D eigenvalue weighted by molar-refractivity contribution is 0.0827. The molecule has 0 radical (unpaired) electrons. The van der Waals surface area contributed by atoms with Crippen molar-refractivity contribution in [2.24, 2.45) is 0 Å². The van der Waals surface area contributed by atoms with E-state index in [1.54, 1.807) is 38.5 Å². The van der Waals surface area contributed by atoms with Crippen LogP contribution in [0.2, 0.25) is 0 Å². The fourth-order valence-electron chi connectivity index (χ4n) is 1.55. The van der Waals surface area contributed by atoms with Crippen LogP contribution < -0.4 is 5.73 Å². The fraction of sp³-hybridized carbons (Fsp3) is 0.143. The normalized spacial score (nSPS) is 10.3. The number of rotatable bonds is 3. The van der Waals surface area contributed by atoms with Crippen LogP contribution in [0.5, 0.6) is 0 Å². The average Bonchev–Trinajstić information content (AvgIpc) is 2.43. The van der Waals surface area contributed by atoms with E-state index in [0.29, 0.717) is 11.3 Å². The van der Waals surface area contributed by atoms with Crippen molar-refractivity contribution in [2.45, 2.75) is 9.92 Å². The summed E-state index contributed by atoms with van der Waals surface area (Å²) in [6.45, 7) is 0. The first-order valence-corrected chi connectivity index (χ1v) is 7.49. The van der Waals surface area contributed by atoms with Gasteiger partial charge in [0.15, 0.2) is 0 Å². The Morgan fingerprint density at radius 1 is 1.30 bits per heavy atom. The molecule has 2 aromatic rings. The number of hydrogen-bond acceptors (Lipinski definition) is 4. The SMILES string of the molecule is CN(C)C(=O)c1ccc(N)c(Sc2ccc(Br)cn2)c1. The van der Waals surface area contributed by atoms with Gasteiger partial charge in [-0.2, -0.15) is 0 Å². The van der Waals surface area contributed by atoms with E-state index >= 15 is 0 Å². The third kappa shape index (κ3) is 3.52. The van der Waals surface area contributed by atoms with Crippen LogP contribution in [-0.2, 0) is 0 Å². The molecule has 20 heavy (non-hydrogen) atoms. The predicted octanol–water partition coefficient (Wildman–Crippen LogP) is 3.28. The third-order valence-corrected chi connectivity index (χ3v) is 4.07. The Kier molecular flexibility index (Phi) is 4.67. The molecule has 0 unspecified atom stereocenters. The van der Waals surface area contributed by atoms with Gasteiger partial charge in [-0.15, -0.1) is 0 Å². The Labute approximate surface area is 130 Å². The van der Waals surface area contributed by atoms with E-state index in [1.807, 2.05) is 12.1 Å². The first-order valence-electron chi connectivity index (χ1n) is 5.88. The standard InChI is InChI=1S/C14H14BrN3OS/c1-18(2)14(19)9-3-5-11(16)12(7-9)20-13-6-4-10(15)8-17-13/h3-8H,16H2,1-2H3. The van der Waals surface area contributed by atoms with Crippen molar-refractivity contribution in [3.8, 4) is 0 Å². The van der Waals surface area contributed by atoms with Gasteiger partial charge in [-0.3, -0.25) is 4.79 Å². The monoisotopic (exact) mass is 351 g/mol. The van der Waals surface area contributed by atoms with Crippen LogP contribution in [0.25, 0.3) is 0 Å². The molecule has 0 aliphatic heterocycles. The zero-order valence-corrected chi connectivity index (χ0v) is 13.5. The molecule has 4 nitrogen and oxygen atoms in total. The van der Waals surface area contributed by atoms with Gasteiger partial charge in [0.25, 0.3) is 5.91 Å². The molecule has 1 aromatic carbocycles. The van der Waals surface area contributed by atoms with Crippen LogP contribution in [0.15, 0.2) is 50.9 Å². The van der Waals surface area contributed by atoms with Gasteiger partial charge in [-0.05, 0) is 46.3 Å². The highest BCUT2D eigenvalue weighted by Gasteiger charge is 2.11. The molecule has 0 aliphatic carbocycles. The summed E-state index contributed by atoms with van der Waals surface area (Å²) in [6, 6.07) is 9.09. The zero-order valence-electron chi connectivity index (χ0n) is 11.1. The van der Waals surface area contributed by atoms with Crippen LogP contribution in [-0.4, -0.2) is 29.9 Å². The average molecular weight is 352 g/mol. The van der Waals surface area contributed by atoms with Gasteiger partial charge in [-0.25, -0.2) is 4.98 Å². The van der Waals surface area contributed by atoms with E-state index in [0.717, 1.165) is 14.4 Å². The maximum atomic E-state index is 12.0. The van der Waals surface area contributed by atoms with Crippen LogP contribution in [0.4, 0.5) is 5.69 Å². The Morgan fingerprint density at radius 2 is 2.05 bits per heavy atom. The van der Waals surface area contributed by atoms with Crippen molar-refractivity contribution in [2.75, 3.05) is 19.8 Å². The number of nitrogen functional groups attached to an aromatic ring is 1. The predicted molar refractivity (Wildman–Crippen MR) is 84.9 cm³/mol. The van der Waals surface area contributed by atoms with E-state index in [1.165, 1.54) is 16.7 Å².